The maximum atomic E-state index is 12.5. The summed E-state index contributed by atoms with van der Waals surface area (Å²) in [6.07, 6.45) is 3.81. The van der Waals surface area contributed by atoms with Crippen molar-refractivity contribution in [1.82, 2.24) is 19.8 Å². The number of para-hydroxylation sites is 2. The Morgan fingerprint density at radius 1 is 1.13 bits per heavy atom. The molecule has 0 radical (unpaired) electrons. The molecule has 0 saturated carbocycles. The molecule has 1 fully saturated rings. The van der Waals surface area contributed by atoms with Crippen LogP contribution in [0, 0.1) is 0 Å². The van der Waals surface area contributed by atoms with Gasteiger partial charge >= 0.3 is 0 Å². The lowest BCUT2D eigenvalue weighted by Crippen LogP contribution is -2.39. The molecule has 4 rings (SSSR count). The normalized spacial score (nSPS) is 15.8. The standard InChI is InChI=1S/C22H21ClN4O3/c23-18-8-4-5-9-20(18)30-17-10-11-26(13-17)21(28)12-24-22(29)19-14-27(15-25-19)16-6-2-1-3-7-16/h1-9,14-15,17H,10-13H2,(H,24,29). The monoisotopic (exact) mass is 424 g/mol. The summed E-state index contributed by atoms with van der Waals surface area (Å²) in [5, 5.41) is 3.19. The summed E-state index contributed by atoms with van der Waals surface area (Å²) in [7, 11) is 0. The topological polar surface area (TPSA) is 76.5 Å². The Morgan fingerprint density at radius 2 is 1.90 bits per heavy atom. The molecule has 7 nitrogen and oxygen atoms in total. The van der Waals surface area contributed by atoms with Gasteiger partial charge in [-0.25, -0.2) is 4.98 Å². The van der Waals surface area contributed by atoms with Crippen molar-refractivity contribution in [2.45, 2.75) is 12.5 Å². The van der Waals surface area contributed by atoms with Gasteiger partial charge in [0.25, 0.3) is 5.91 Å². The molecule has 1 aliphatic heterocycles. The Morgan fingerprint density at radius 3 is 2.70 bits per heavy atom. The smallest absolute Gasteiger partial charge is 0.271 e. The predicted octanol–water partition coefficient (Wildman–Crippen LogP) is 2.94. The van der Waals surface area contributed by atoms with Crippen LogP contribution < -0.4 is 10.1 Å². The van der Waals surface area contributed by atoms with Crippen LogP contribution in [0.2, 0.25) is 5.02 Å². The van der Waals surface area contributed by atoms with Crippen LogP contribution in [-0.4, -0.2) is 52.0 Å². The Balaban J connectivity index is 1.27. The summed E-state index contributed by atoms with van der Waals surface area (Å²) >= 11 is 6.12. The van der Waals surface area contributed by atoms with E-state index in [9.17, 15) is 9.59 Å². The molecule has 1 aromatic heterocycles. The lowest BCUT2D eigenvalue weighted by atomic mass is 10.3. The fourth-order valence-corrected chi connectivity index (χ4v) is 3.49. The van der Waals surface area contributed by atoms with Gasteiger partial charge in [-0.3, -0.25) is 9.59 Å². The van der Waals surface area contributed by atoms with Crippen molar-refractivity contribution in [3.8, 4) is 11.4 Å². The molecule has 2 amide bonds. The third kappa shape index (κ3) is 4.63. The molecule has 30 heavy (non-hydrogen) atoms. The van der Waals surface area contributed by atoms with Gasteiger partial charge in [-0.2, -0.15) is 0 Å². The van der Waals surface area contributed by atoms with Crippen molar-refractivity contribution in [2.75, 3.05) is 19.6 Å². The van der Waals surface area contributed by atoms with Gasteiger partial charge in [-0.15, -0.1) is 0 Å². The van der Waals surface area contributed by atoms with E-state index >= 15 is 0 Å². The molecule has 2 aromatic carbocycles. The number of halogens is 1. The average Bonchev–Trinajstić information content (AvgIpc) is 3.44. The van der Waals surface area contributed by atoms with Gasteiger partial charge < -0.3 is 19.5 Å². The van der Waals surface area contributed by atoms with Crippen molar-refractivity contribution >= 4 is 23.4 Å². The van der Waals surface area contributed by atoms with E-state index in [1.807, 2.05) is 48.5 Å². The fraction of sp³-hybridized carbons (Fsp3) is 0.227. The molecule has 1 aliphatic rings. The Hall–Kier alpha value is -3.32. The number of likely N-dealkylation sites (tertiary alicyclic amines) is 1. The molecule has 1 atom stereocenters. The number of imidazole rings is 1. The van der Waals surface area contributed by atoms with Crippen LogP contribution in [0.15, 0.2) is 67.1 Å². The van der Waals surface area contributed by atoms with E-state index in [-0.39, 0.29) is 30.2 Å². The highest BCUT2D eigenvalue weighted by atomic mass is 35.5. The highest BCUT2D eigenvalue weighted by Crippen LogP contribution is 2.26. The number of benzene rings is 2. The van der Waals surface area contributed by atoms with Gasteiger partial charge in [0, 0.05) is 24.8 Å². The molecule has 0 aliphatic carbocycles. The maximum absolute atomic E-state index is 12.5. The van der Waals surface area contributed by atoms with E-state index in [0.29, 0.717) is 30.3 Å². The van der Waals surface area contributed by atoms with Crippen molar-refractivity contribution in [1.29, 1.82) is 0 Å². The van der Waals surface area contributed by atoms with Gasteiger partial charge in [-0.05, 0) is 24.3 Å². The lowest BCUT2D eigenvalue weighted by molar-refractivity contribution is -0.129. The van der Waals surface area contributed by atoms with Crippen LogP contribution >= 0.6 is 11.6 Å². The van der Waals surface area contributed by atoms with Gasteiger partial charge in [0.15, 0.2) is 0 Å². The summed E-state index contributed by atoms with van der Waals surface area (Å²) in [4.78, 5) is 30.6. The lowest BCUT2D eigenvalue weighted by Gasteiger charge is -2.18. The summed E-state index contributed by atoms with van der Waals surface area (Å²) in [5.41, 5.74) is 1.16. The molecule has 2 heterocycles. The number of hydrogen-bond acceptors (Lipinski definition) is 4. The highest BCUT2D eigenvalue weighted by Gasteiger charge is 2.28. The number of nitrogens with zero attached hydrogens (tertiary/aromatic N) is 3. The van der Waals surface area contributed by atoms with Gasteiger partial charge in [-0.1, -0.05) is 41.9 Å². The van der Waals surface area contributed by atoms with Crippen LogP contribution in [0.5, 0.6) is 5.75 Å². The molecule has 8 heteroatoms. The molecule has 3 aromatic rings. The number of nitrogens with one attached hydrogen (secondary N) is 1. The van der Waals surface area contributed by atoms with E-state index in [1.54, 1.807) is 28.1 Å². The van der Waals surface area contributed by atoms with Crippen LogP contribution in [-0.2, 0) is 4.79 Å². The first-order valence-corrected chi connectivity index (χ1v) is 10.0. The Labute approximate surface area is 179 Å². The van der Waals surface area contributed by atoms with Crippen molar-refractivity contribution in [3.63, 3.8) is 0 Å². The second-order valence-electron chi connectivity index (χ2n) is 6.98. The number of rotatable bonds is 6. The molecule has 1 N–H and O–H groups in total. The second kappa shape index (κ2) is 9.00. The molecule has 1 unspecified atom stereocenters. The van der Waals surface area contributed by atoms with E-state index in [1.165, 1.54) is 0 Å². The maximum Gasteiger partial charge on any atom is 0.271 e. The largest absolute Gasteiger partial charge is 0.487 e. The van der Waals surface area contributed by atoms with Crippen LogP contribution in [0.1, 0.15) is 16.9 Å². The molecule has 1 saturated heterocycles. The zero-order valence-corrected chi connectivity index (χ0v) is 17.0. The first kappa shape index (κ1) is 20.0. The molecule has 154 valence electrons. The predicted molar refractivity (Wildman–Crippen MR) is 113 cm³/mol. The first-order valence-electron chi connectivity index (χ1n) is 9.67. The number of amides is 2. The number of carbonyl (C=O) groups is 2. The Kier molecular flexibility index (Phi) is 5.99. The van der Waals surface area contributed by atoms with Crippen LogP contribution in [0.25, 0.3) is 5.69 Å². The molecule has 0 bridgehead atoms. The van der Waals surface area contributed by atoms with E-state index in [0.717, 1.165) is 5.69 Å². The van der Waals surface area contributed by atoms with Crippen LogP contribution in [0.3, 0.4) is 0 Å². The van der Waals surface area contributed by atoms with Crippen molar-refractivity contribution < 1.29 is 14.3 Å². The fourth-order valence-electron chi connectivity index (χ4n) is 3.31. The molecular formula is C22H21ClN4O3. The van der Waals surface area contributed by atoms with Crippen LogP contribution in [0.4, 0.5) is 0 Å². The van der Waals surface area contributed by atoms with Crippen molar-refractivity contribution in [2.24, 2.45) is 0 Å². The minimum Gasteiger partial charge on any atom is -0.487 e. The van der Waals surface area contributed by atoms with E-state index in [2.05, 4.69) is 10.3 Å². The number of carbonyl (C=O) groups excluding carboxylic acids is 2. The summed E-state index contributed by atoms with van der Waals surface area (Å²) in [6.45, 7) is 0.949. The minimum atomic E-state index is -0.388. The Bertz CT molecular complexity index is 1040. The summed E-state index contributed by atoms with van der Waals surface area (Å²) < 4.78 is 7.66. The number of hydrogen-bond donors (Lipinski definition) is 1. The van der Waals surface area contributed by atoms with E-state index in [4.69, 9.17) is 16.3 Å². The number of ether oxygens (including phenoxy) is 1. The number of aromatic nitrogens is 2. The SMILES string of the molecule is O=C(NCC(=O)N1CCC(Oc2ccccc2Cl)C1)c1cn(-c2ccccc2)cn1. The highest BCUT2D eigenvalue weighted by molar-refractivity contribution is 6.32. The quantitative estimate of drug-likeness (QED) is 0.660. The summed E-state index contributed by atoms with van der Waals surface area (Å²) in [5.74, 6) is 0.0676. The third-order valence-corrected chi connectivity index (χ3v) is 5.21. The average molecular weight is 425 g/mol. The molecular weight excluding hydrogens is 404 g/mol. The van der Waals surface area contributed by atoms with Gasteiger partial charge in [0.1, 0.15) is 23.9 Å². The zero-order chi connectivity index (χ0) is 20.9. The van der Waals surface area contributed by atoms with Gasteiger partial charge in [0.2, 0.25) is 5.91 Å². The van der Waals surface area contributed by atoms with Crippen molar-refractivity contribution in [3.05, 3.63) is 77.8 Å². The minimum absolute atomic E-state index is 0.0875. The van der Waals surface area contributed by atoms with Gasteiger partial charge in [0.05, 0.1) is 18.1 Å². The summed E-state index contributed by atoms with van der Waals surface area (Å²) in [6, 6.07) is 16.8. The van der Waals surface area contributed by atoms with E-state index < -0.39 is 0 Å². The second-order valence-corrected chi connectivity index (χ2v) is 7.39. The first-order chi connectivity index (χ1) is 14.6. The molecule has 0 spiro atoms. The zero-order valence-electron chi connectivity index (χ0n) is 16.2. The third-order valence-electron chi connectivity index (χ3n) is 4.90.